The SMILES string of the molecule is O=C1CCCc2cc(C(=O)CSc3n[nH]c(C4CC4)n3)ccc2N1. The van der Waals surface area contributed by atoms with Crippen LogP contribution in [0.1, 0.15) is 53.3 Å². The van der Waals surface area contributed by atoms with E-state index in [4.69, 9.17) is 0 Å². The number of carbonyl (C=O) groups is 2. The van der Waals surface area contributed by atoms with Crippen molar-refractivity contribution < 1.29 is 9.59 Å². The molecule has 2 N–H and O–H groups in total. The number of amides is 1. The summed E-state index contributed by atoms with van der Waals surface area (Å²) in [6.07, 6.45) is 4.50. The maximum absolute atomic E-state index is 12.4. The Hall–Kier alpha value is -2.15. The molecule has 1 fully saturated rings. The first-order valence-electron chi connectivity index (χ1n) is 8.20. The number of carbonyl (C=O) groups excluding carboxylic acids is 2. The zero-order valence-corrected chi connectivity index (χ0v) is 14.0. The first-order chi connectivity index (χ1) is 11.7. The summed E-state index contributed by atoms with van der Waals surface area (Å²) in [4.78, 5) is 28.4. The van der Waals surface area contributed by atoms with Crippen LogP contribution in [0.2, 0.25) is 0 Å². The second-order valence-electron chi connectivity index (χ2n) is 6.26. The highest BCUT2D eigenvalue weighted by molar-refractivity contribution is 7.99. The maximum Gasteiger partial charge on any atom is 0.224 e. The first kappa shape index (κ1) is 15.4. The van der Waals surface area contributed by atoms with Gasteiger partial charge in [0.2, 0.25) is 11.1 Å². The highest BCUT2D eigenvalue weighted by Gasteiger charge is 2.27. The molecule has 7 heteroatoms. The van der Waals surface area contributed by atoms with Gasteiger partial charge in [0, 0.05) is 23.6 Å². The second kappa shape index (κ2) is 6.39. The van der Waals surface area contributed by atoms with Crippen LogP contribution in [0.5, 0.6) is 0 Å². The van der Waals surface area contributed by atoms with Crippen molar-refractivity contribution in [1.29, 1.82) is 0 Å². The standard InChI is InChI=1S/C17H18N4O2S/c22-14(9-24-17-19-16(20-21-17)10-4-5-10)12-6-7-13-11(8-12)2-1-3-15(23)18-13/h6-8,10H,1-5,9H2,(H,18,23)(H,19,20,21). The van der Waals surface area contributed by atoms with Gasteiger partial charge in [-0.3, -0.25) is 14.7 Å². The normalized spacial score (nSPS) is 17.1. The molecular formula is C17H18N4O2S. The molecule has 24 heavy (non-hydrogen) atoms. The molecule has 1 saturated carbocycles. The Morgan fingerprint density at radius 3 is 3.00 bits per heavy atom. The Morgan fingerprint density at radius 2 is 2.17 bits per heavy atom. The lowest BCUT2D eigenvalue weighted by molar-refractivity contribution is -0.116. The molecule has 2 aromatic rings. The van der Waals surface area contributed by atoms with E-state index in [2.05, 4.69) is 20.5 Å². The highest BCUT2D eigenvalue weighted by atomic mass is 32.2. The molecule has 4 rings (SSSR count). The summed E-state index contributed by atoms with van der Waals surface area (Å²) in [5, 5.41) is 10.6. The van der Waals surface area contributed by atoms with E-state index in [1.54, 1.807) is 6.07 Å². The number of Topliss-reactive ketones (excluding diaryl/α,β-unsaturated/α-hetero) is 1. The molecule has 6 nitrogen and oxygen atoms in total. The molecule has 124 valence electrons. The molecule has 0 atom stereocenters. The summed E-state index contributed by atoms with van der Waals surface area (Å²) in [6, 6.07) is 5.51. The van der Waals surface area contributed by atoms with Gasteiger partial charge in [0.25, 0.3) is 0 Å². The Morgan fingerprint density at radius 1 is 1.29 bits per heavy atom. The number of nitrogens with one attached hydrogen (secondary N) is 2. The van der Waals surface area contributed by atoms with Gasteiger partial charge in [-0.05, 0) is 49.4 Å². The minimum atomic E-state index is 0.0412. The van der Waals surface area contributed by atoms with Crippen molar-refractivity contribution in [3.63, 3.8) is 0 Å². The maximum atomic E-state index is 12.4. The van der Waals surface area contributed by atoms with Crippen LogP contribution < -0.4 is 5.32 Å². The van der Waals surface area contributed by atoms with Crippen LogP contribution >= 0.6 is 11.8 Å². The van der Waals surface area contributed by atoms with Crippen molar-refractivity contribution >= 4 is 29.1 Å². The predicted molar refractivity (Wildman–Crippen MR) is 91.4 cm³/mol. The van der Waals surface area contributed by atoms with Crippen molar-refractivity contribution in [2.75, 3.05) is 11.1 Å². The third kappa shape index (κ3) is 3.36. The number of benzene rings is 1. The zero-order valence-electron chi connectivity index (χ0n) is 13.2. The molecule has 1 amide bonds. The van der Waals surface area contributed by atoms with Crippen molar-refractivity contribution in [3.8, 4) is 0 Å². The fourth-order valence-electron chi connectivity index (χ4n) is 2.82. The topological polar surface area (TPSA) is 87.7 Å². The monoisotopic (exact) mass is 342 g/mol. The quantitative estimate of drug-likeness (QED) is 0.644. The number of hydrogen-bond donors (Lipinski definition) is 2. The third-order valence-corrected chi connectivity index (χ3v) is 5.18. The van der Waals surface area contributed by atoms with E-state index in [1.807, 2.05) is 12.1 Å². The average Bonchev–Trinajstić information content (AvgIpc) is 3.35. The van der Waals surface area contributed by atoms with Gasteiger partial charge >= 0.3 is 0 Å². The van der Waals surface area contributed by atoms with Gasteiger partial charge < -0.3 is 5.32 Å². The molecule has 2 heterocycles. The summed E-state index contributed by atoms with van der Waals surface area (Å²) in [6.45, 7) is 0. The van der Waals surface area contributed by atoms with Crippen LogP contribution in [-0.4, -0.2) is 32.6 Å². The molecule has 1 aromatic carbocycles. The first-order valence-corrected chi connectivity index (χ1v) is 9.18. The lowest BCUT2D eigenvalue weighted by Crippen LogP contribution is -2.10. The number of aromatic nitrogens is 3. The van der Waals surface area contributed by atoms with Crippen LogP contribution in [0.3, 0.4) is 0 Å². The molecule has 1 aliphatic carbocycles. The van der Waals surface area contributed by atoms with Gasteiger partial charge in [0.1, 0.15) is 5.82 Å². The highest BCUT2D eigenvalue weighted by Crippen LogP contribution is 2.38. The van der Waals surface area contributed by atoms with E-state index >= 15 is 0 Å². The molecule has 1 aromatic heterocycles. The summed E-state index contributed by atoms with van der Waals surface area (Å²) >= 11 is 1.36. The van der Waals surface area contributed by atoms with Crippen LogP contribution in [0.15, 0.2) is 23.4 Å². The summed E-state index contributed by atoms with van der Waals surface area (Å²) < 4.78 is 0. The predicted octanol–water partition coefficient (Wildman–Crippen LogP) is 2.93. The minimum Gasteiger partial charge on any atom is -0.326 e. The van der Waals surface area contributed by atoms with E-state index in [0.717, 1.165) is 29.9 Å². The van der Waals surface area contributed by atoms with E-state index < -0.39 is 0 Å². The average molecular weight is 342 g/mol. The summed E-state index contributed by atoms with van der Waals surface area (Å²) in [5.74, 6) is 1.87. The molecule has 0 radical (unpaired) electrons. The molecule has 0 saturated heterocycles. The Labute approximate surface area is 143 Å². The molecule has 0 spiro atoms. The number of ketones is 1. The largest absolute Gasteiger partial charge is 0.326 e. The lowest BCUT2D eigenvalue weighted by atomic mass is 10.0. The van der Waals surface area contributed by atoms with E-state index in [0.29, 0.717) is 28.8 Å². The van der Waals surface area contributed by atoms with Crippen LogP contribution in [0, 0.1) is 0 Å². The summed E-state index contributed by atoms with van der Waals surface area (Å²) in [7, 11) is 0. The van der Waals surface area contributed by atoms with Gasteiger partial charge in [-0.25, -0.2) is 4.98 Å². The summed E-state index contributed by atoms with van der Waals surface area (Å²) in [5.41, 5.74) is 2.53. The van der Waals surface area contributed by atoms with Crippen molar-refractivity contribution in [1.82, 2.24) is 15.2 Å². The van der Waals surface area contributed by atoms with Gasteiger partial charge in [0.05, 0.1) is 5.75 Å². The molecule has 0 bridgehead atoms. The van der Waals surface area contributed by atoms with Crippen LogP contribution in [-0.2, 0) is 11.2 Å². The lowest BCUT2D eigenvalue weighted by Gasteiger charge is -2.08. The van der Waals surface area contributed by atoms with Gasteiger partial charge in [-0.2, -0.15) is 0 Å². The molecular weight excluding hydrogens is 324 g/mol. The number of nitrogens with zero attached hydrogens (tertiary/aromatic N) is 2. The molecule has 0 unspecified atom stereocenters. The number of fused-ring (bicyclic) bond motifs is 1. The fraction of sp³-hybridized carbons (Fsp3) is 0.412. The number of rotatable bonds is 5. The van der Waals surface area contributed by atoms with E-state index in [1.165, 1.54) is 24.6 Å². The number of hydrogen-bond acceptors (Lipinski definition) is 5. The zero-order chi connectivity index (χ0) is 16.5. The van der Waals surface area contributed by atoms with Crippen LogP contribution in [0.25, 0.3) is 0 Å². The van der Waals surface area contributed by atoms with Crippen molar-refractivity contribution in [2.24, 2.45) is 0 Å². The van der Waals surface area contributed by atoms with E-state index in [9.17, 15) is 9.59 Å². The van der Waals surface area contributed by atoms with Gasteiger partial charge in [-0.15, -0.1) is 5.10 Å². The Balaban J connectivity index is 1.42. The minimum absolute atomic E-state index is 0.0412. The van der Waals surface area contributed by atoms with Gasteiger partial charge in [-0.1, -0.05) is 11.8 Å². The van der Waals surface area contributed by atoms with Crippen molar-refractivity contribution in [2.45, 2.75) is 43.2 Å². The number of thioether (sulfide) groups is 1. The van der Waals surface area contributed by atoms with Crippen molar-refractivity contribution in [3.05, 3.63) is 35.2 Å². The molecule has 2 aliphatic rings. The molecule has 1 aliphatic heterocycles. The number of H-pyrrole nitrogens is 1. The second-order valence-corrected chi connectivity index (χ2v) is 7.21. The number of aromatic amines is 1. The smallest absolute Gasteiger partial charge is 0.224 e. The number of anilines is 1. The number of aryl methyl sites for hydroxylation is 1. The third-order valence-electron chi connectivity index (χ3n) is 4.33. The van der Waals surface area contributed by atoms with Gasteiger partial charge in [0.15, 0.2) is 5.78 Å². The van der Waals surface area contributed by atoms with Crippen LogP contribution in [0.4, 0.5) is 5.69 Å². The fourth-order valence-corrected chi connectivity index (χ4v) is 3.52. The Bertz CT molecular complexity index is 798. The van der Waals surface area contributed by atoms with E-state index in [-0.39, 0.29) is 11.7 Å². The Kier molecular flexibility index (Phi) is 4.10.